The maximum Gasteiger partial charge on any atom is 0.303 e. The van der Waals surface area contributed by atoms with Crippen molar-refractivity contribution in [2.75, 3.05) is 5.32 Å². The van der Waals surface area contributed by atoms with Gasteiger partial charge in [0.15, 0.2) is 5.65 Å². The SMILES string of the molecule is CC(CCCC(=O)Nc1ccc2ncc(-c3ccc(CCC(=O)O)cc3)nc2n1)CCCc1ccccc1. The second kappa shape index (κ2) is 13.4. The summed E-state index contributed by atoms with van der Waals surface area (Å²) < 4.78 is 0. The highest BCUT2D eigenvalue weighted by molar-refractivity contribution is 5.90. The van der Waals surface area contributed by atoms with Crippen molar-refractivity contribution in [2.24, 2.45) is 5.92 Å². The highest BCUT2D eigenvalue weighted by Crippen LogP contribution is 2.21. The van der Waals surface area contributed by atoms with Gasteiger partial charge in [-0.05, 0) is 54.9 Å². The van der Waals surface area contributed by atoms with Crippen molar-refractivity contribution in [1.82, 2.24) is 15.0 Å². The van der Waals surface area contributed by atoms with Gasteiger partial charge in [-0.3, -0.25) is 14.6 Å². The van der Waals surface area contributed by atoms with Crippen LogP contribution in [0.2, 0.25) is 0 Å². The van der Waals surface area contributed by atoms with Crippen LogP contribution in [-0.4, -0.2) is 31.9 Å². The highest BCUT2D eigenvalue weighted by atomic mass is 16.4. The molecule has 4 rings (SSSR count). The molecule has 0 spiro atoms. The van der Waals surface area contributed by atoms with Crippen molar-refractivity contribution >= 4 is 28.9 Å². The average molecular weight is 511 g/mol. The number of carbonyl (C=O) groups is 2. The van der Waals surface area contributed by atoms with Crippen LogP contribution in [0.15, 0.2) is 72.9 Å². The van der Waals surface area contributed by atoms with Crippen LogP contribution >= 0.6 is 0 Å². The number of nitrogens with zero attached hydrogens (tertiary/aromatic N) is 3. The Bertz CT molecular complexity index is 1360. The quantitative estimate of drug-likeness (QED) is 0.213. The van der Waals surface area contributed by atoms with Crippen molar-refractivity contribution in [3.05, 3.63) is 84.1 Å². The highest BCUT2D eigenvalue weighted by Gasteiger charge is 2.10. The van der Waals surface area contributed by atoms with Crippen LogP contribution in [0.3, 0.4) is 0 Å². The van der Waals surface area contributed by atoms with Crippen LogP contribution in [0.25, 0.3) is 22.4 Å². The number of hydrogen-bond donors (Lipinski definition) is 2. The van der Waals surface area contributed by atoms with Crippen LogP contribution in [0.5, 0.6) is 0 Å². The van der Waals surface area contributed by atoms with Crippen molar-refractivity contribution < 1.29 is 14.7 Å². The van der Waals surface area contributed by atoms with E-state index in [0.717, 1.165) is 43.2 Å². The molecule has 0 aliphatic heterocycles. The monoisotopic (exact) mass is 510 g/mol. The summed E-state index contributed by atoms with van der Waals surface area (Å²) in [6.45, 7) is 2.26. The standard InChI is InChI=1S/C31H34N4O3/c1-22(7-5-11-23-9-3-2-4-10-23)8-6-12-29(36)34-28-19-18-26-31(35-28)33-27(21-32-26)25-16-13-24(14-17-25)15-20-30(37)38/h2-4,9-10,13-14,16-19,21-22H,5-8,11-12,15,20H2,1H3,(H,37,38)(H,33,34,35,36). The second-order valence-electron chi connectivity index (χ2n) is 9.81. The van der Waals surface area contributed by atoms with Gasteiger partial charge in [-0.15, -0.1) is 0 Å². The number of anilines is 1. The summed E-state index contributed by atoms with van der Waals surface area (Å²) in [6, 6.07) is 21.7. The van der Waals surface area contributed by atoms with E-state index in [9.17, 15) is 9.59 Å². The van der Waals surface area contributed by atoms with E-state index >= 15 is 0 Å². The Hall–Kier alpha value is -4.13. The van der Waals surface area contributed by atoms with E-state index in [-0.39, 0.29) is 12.3 Å². The Morgan fingerprint density at radius 3 is 2.34 bits per heavy atom. The van der Waals surface area contributed by atoms with Crippen LogP contribution in [0, 0.1) is 5.92 Å². The molecule has 2 aromatic carbocycles. The number of amides is 1. The molecule has 2 aromatic heterocycles. The number of aromatic nitrogens is 3. The Kier molecular flexibility index (Phi) is 9.51. The summed E-state index contributed by atoms with van der Waals surface area (Å²) in [4.78, 5) is 36.9. The Balaban J connectivity index is 1.26. The number of aliphatic carboxylic acids is 1. The molecule has 2 N–H and O–H groups in total. The summed E-state index contributed by atoms with van der Waals surface area (Å²) in [5, 5.41) is 11.8. The van der Waals surface area contributed by atoms with Gasteiger partial charge in [0.1, 0.15) is 11.3 Å². The van der Waals surface area contributed by atoms with E-state index in [1.165, 1.54) is 5.56 Å². The molecule has 0 bridgehead atoms. The number of rotatable bonds is 13. The third-order valence-corrected chi connectivity index (χ3v) is 6.66. The molecule has 7 heteroatoms. The largest absolute Gasteiger partial charge is 0.481 e. The van der Waals surface area contributed by atoms with Crippen LogP contribution in [0.1, 0.15) is 56.6 Å². The Morgan fingerprint density at radius 2 is 1.58 bits per heavy atom. The molecule has 38 heavy (non-hydrogen) atoms. The van der Waals surface area contributed by atoms with Gasteiger partial charge in [0, 0.05) is 18.4 Å². The van der Waals surface area contributed by atoms with Gasteiger partial charge in [0.05, 0.1) is 11.9 Å². The van der Waals surface area contributed by atoms with E-state index < -0.39 is 5.97 Å². The molecule has 1 amide bonds. The first kappa shape index (κ1) is 26.9. The molecule has 0 saturated heterocycles. The molecule has 196 valence electrons. The average Bonchev–Trinajstić information content (AvgIpc) is 2.92. The molecule has 4 aromatic rings. The minimum absolute atomic E-state index is 0.0469. The maximum atomic E-state index is 12.5. The number of aryl methyl sites for hydroxylation is 2. The smallest absolute Gasteiger partial charge is 0.303 e. The van der Waals surface area contributed by atoms with Gasteiger partial charge in [0.25, 0.3) is 0 Å². The summed E-state index contributed by atoms with van der Waals surface area (Å²) in [7, 11) is 0. The Morgan fingerprint density at radius 1 is 0.842 bits per heavy atom. The predicted octanol–water partition coefficient (Wildman–Crippen LogP) is 6.48. The zero-order valence-corrected chi connectivity index (χ0v) is 21.8. The molecule has 0 radical (unpaired) electrons. The molecule has 1 unspecified atom stereocenters. The molecule has 0 saturated carbocycles. The van der Waals surface area contributed by atoms with Gasteiger partial charge >= 0.3 is 5.97 Å². The second-order valence-corrected chi connectivity index (χ2v) is 9.81. The number of carbonyl (C=O) groups excluding carboxylic acids is 1. The van der Waals surface area contributed by atoms with Gasteiger partial charge in [-0.25, -0.2) is 9.97 Å². The third kappa shape index (κ3) is 8.20. The summed E-state index contributed by atoms with van der Waals surface area (Å²) in [5.74, 6) is 0.195. The molecular weight excluding hydrogens is 476 g/mol. The predicted molar refractivity (Wildman–Crippen MR) is 150 cm³/mol. The lowest BCUT2D eigenvalue weighted by molar-refractivity contribution is -0.137. The van der Waals surface area contributed by atoms with Gasteiger partial charge in [0.2, 0.25) is 5.91 Å². The van der Waals surface area contributed by atoms with Crippen molar-refractivity contribution in [3.63, 3.8) is 0 Å². The van der Waals surface area contributed by atoms with Crippen LogP contribution in [0.4, 0.5) is 5.82 Å². The first-order valence-electron chi connectivity index (χ1n) is 13.2. The maximum absolute atomic E-state index is 12.5. The first-order chi connectivity index (χ1) is 18.5. The summed E-state index contributed by atoms with van der Waals surface area (Å²) in [6.07, 6.45) is 8.03. The number of carboxylic acids is 1. The number of benzene rings is 2. The van der Waals surface area contributed by atoms with Crippen LogP contribution < -0.4 is 5.32 Å². The van der Waals surface area contributed by atoms with Crippen molar-refractivity contribution in [3.8, 4) is 11.3 Å². The fourth-order valence-corrected chi connectivity index (χ4v) is 4.46. The zero-order valence-electron chi connectivity index (χ0n) is 21.8. The fourth-order valence-electron chi connectivity index (χ4n) is 4.46. The van der Waals surface area contributed by atoms with Gasteiger partial charge < -0.3 is 10.4 Å². The third-order valence-electron chi connectivity index (χ3n) is 6.66. The van der Waals surface area contributed by atoms with E-state index in [1.54, 1.807) is 18.3 Å². The van der Waals surface area contributed by atoms with Crippen LogP contribution in [-0.2, 0) is 22.4 Å². The number of fused-ring (bicyclic) bond motifs is 1. The van der Waals surface area contributed by atoms with E-state index in [0.29, 0.717) is 41.4 Å². The normalized spacial score (nSPS) is 11.8. The lowest BCUT2D eigenvalue weighted by Crippen LogP contribution is -2.13. The fraction of sp³-hybridized carbons (Fsp3) is 0.323. The lowest BCUT2D eigenvalue weighted by atomic mass is 9.96. The lowest BCUT2D eigenvalue weighted by Gasteiger charge is -2.11. The number of carboxylic acid groups (broad SMARTS) is 1. The number of hydrogen-bond acceptors (Lipinski definition) is 5. The van der Waals surface area contributed by atoms with Crippen molar-refractivity contribution in [1.29, 1.82) is 0 Å². The minimum Gasteiger partial charge on any atom is -0.481 e. The molecule has 2 heterocycles. The molecule has 0 fully saturated rings. The summed E-state index contributed by atoms with van der Waals surface area (Å²) >= 11 is 0. The van der Waals surface area contributed by atoms with E-state index in [2.05, 4.69) is 51.5 Å². The Labute approximate surface area is 223 Å². The minimum atomic E-state index is -0.812. The summed E-state index contributed by atoms with van der Waals surface area (Å²) in [5.41, 5.74) is 4.97. The molecule has 0 aliphatic carbocycles. The first-order valence-corrected chi connectivity index (χ1v) is 13.2. The molecule has 0 aliphatic rings. The number of nitrogens with one attached hydrogen (secondary N) is 1. The molecule has 1 atom stereocenters. The van der Waals surface area contributed by atoms with Gasteiger partial charge in [-0.2, -0.15) is 0 Å². The zero-order chi connectivity index (χ0) is 26.7. The molecular formula is C31H34N4O3. The van der Waals surface area contributed by atoms with E-state index in [4.69, 9.17) is 5.11 Å². The van der Waals surface area contributed by atoms with E-state index in [1.807, 2.05) is 30.3 Å². The molecule has 7 nitrogen and oxygen atoms in total. The van der Waals surface area contributed by atoms with Crippen molar-refractivity contribution in [2.45, 2.75) is 58.3 Å². The number of pyridine rings is 1. The topological polar surface area (TPSA) is 105 Å². The van der Waals surface area contributed by atoms with Gasteiger partial charge in [-0.1, -0.05) is 74.4 Å².